The molecule has 0 atom stereocenters. The van der Waals surface area contributed by atoms with E-state index in [2.05, 4.69) is 5.32 Å². The van der Waals surface area contributed by atoms with Gasteiger partial charge in [0.05, 0.1) is 14.2 Å². The summed E-state index contributed by atoms with van der Waals surface area (Å²) in [5.41, 5.74) is 0.393. The quantitative estimate of drug-likeness (QED) is 0.818. The second-order valence-electron chi connectivity index (χ2n) is 3.49. The molecule has 2 N–H and O–H groups in total. The van der Waals surface area contributed by atoms with Gasteiger partial charge < -0.3 is 19.9 Å². The van der Waals surface area contributed by atoms with E-state index in [1.54, 1.807) is 0 Å². The van der Waals surface area contributed by atoms with Crippen LogP contribution in [-0.2, 0) is 0 Å². The molecule has 0 heterocycles. The number of methoxy groups -OCH3 is 2. The Bertz CT molecular complexity index is 378. The average Bonchev–Trinajstić information content (AvgIpc) is 2.36. The summed E-state index contributed by atoms with van der Waals surface area (Å²) in [7, 11) is 2.84. The van der Waals surface area contributed by atoms with E-state index in [9.17, 15) is 9.90 Å². The first-order valence-electron chi connectivity index (χ1n) is 5.37. The Labute approximate surface area is 100 Å². The third-order valence-electron chi connectivity index (χ3n) is 2.28. The van der Waals surface area contributed by atoms with Crippen molar-refractivity contribution in [3.05, 3.63) is 17.7 Å². The van der Waals surface area contributed by atoms with Crippen LogP contribution in [0.2, 0.25) is 0 Å². The Hall–Kier alpha value is -1.91. The molecule has 1 aromatic carbocycles. The molecule has 0 aromatic heterocycles. The zero-order chi connectivity index (χ0) is 12.8. The van der Waals surface area contributed by atoms with E-state index in [0.717, 1.165) is 6.42 Å². The van der Waals surface area contributed by atoms with Gasteiger partial charge in [0.15, 0.2) is 11.5 Å². The molecule has 0 saturated heterocycles. The van der Waals surface area contributed by atoms with Gasteiger partial charge in [-0.15, -0.1) is 0 Å². The highest BCUT2D eigenvalue weighted by molar-refractivity contribution is 5.95. The van der Waals surface area contributed by atoms with Crippen molar-refractivity contribution in [3.8, 4) is 17.2 Å². The van der Waals surface area contributed by atoms with Gasteiger partial charge in [-0.2, -0.15) is 0 Å². The Morgan fingerprint density at radius 3 is 2.24 bits per heavy atom. The number of ether oxygens (including phenoxy) is 2. The summed E-state index contributed by atoms with van der Waals surface area (Å²) in [6, 6.07) is 2.95. The summed E-state index contributed by atoms with van der Waals surface area (Å²) in [6.07, 6.45) is 0.859. The van der Waals surface area contributed by atoms with Gasteiger partial charge in [0.2, 0.25) is 5.75 Å². The maximum Gasteiger partial charge on any atom is 0.251 e. The number of phenolic OH excluding ortho intramolecular Hbond substituents is 1. The van der Waals surface area contributed by atoms with Gasteiger partial charge in [-0.25, -0.2) is 0 Å². The second-order valence-corrected chi connectivity index (χ2v) is 3.49. The number of hydrogen-bond donors (Lipinski definition) is 2. The number of carbonyl (C=O) groups excluding carboxylic acids is 1. The van der Waals surface area contributed by atoms with Gasteiger partial charge >= 0.3 is 0 Å². The van der Waals surface area contributed by atoms with Gasteiger partial charge in [-0.1, -0.05) is 6.92 Å². The van der Waals surface area contributed by atoms with Crippen LogP contribution >= 0.6 is 0 Å². The third kappa shape index (κ3) is 3.03. The number of benzene rings is 1. The van der Waals surface area contributed by atoms with Crippen molar-refractivity contribution in [2.75, 3.05) is 20.8 Å². The fraction of sp³-hybridized carbons (Fsp3) is 0.417. The molecule has 0 aliphatic carbocycles. The molecule has 0 aliphatic heterocycles. The standard InChI is InChI=1S/C12H17NO4/c1-4-5-13-12(15)8-6-9(16-2)11(14)10(7-8)17-3/h6-7,14H,4-5H2,1-3H3,(H,13,15). The van der Waals surface area contributed by atoms with Crippen LogP contribution in [0.5, 0.6) is 17.2 Å². The lowest BCUT2D eigenvalue weighted by Crippen LogP contribution is -2.24. The number of amides is 1. The molecule has 1 rings (SSSR count). The number of aromatic hydroxyl groups is 1. The number of nitrogens with one attached hydrogen (secondary N) is 1. The van der Waals surface area contributed by atoms with Crippen molar-refractivity contribution >= 4 is 5.91 Å². The first-order valence-corrected chi connectivity index (χ1v) is 5.37. The lowest BCUT2D eigenvalue weighted by Gasteiger charge is -2.11. The SMILES string of the molecule is CCCNC(=O)c1cc(OC)c(O)c(OC)c1. The van der Waals surface area contributed by atoms with E-state index in [1.807, 2.05) is 6.92 Å². The number of hydrogen-bond acceptors (Lipinski definition) is 4. The van der Waals surface area contributed by atoms with Crippen LogP contribution in [0.25, 0.3) is 0 Å². The molecule has 1 aromatic rings. The largest absolute Gasteiger partial charge is 0.502 e. The lowest BCUT2D eigenvalue weighted by molar-refractivity contribution is 0.0953. The number of carbonyl (C=O) groups is 1. The van der Waals surface area contributed by atoms with Crippen molar-refractivity contribution in [1.29, 1.82) is 0 Å². The lowest BCUT2D eigenvalue weighted by atomic mass is 10.1. The summed E-state index contributed by atoms with van der Waals surface area (Å²) in [6.45, 7) is 2.57. The fourth-order valence-corrected chi connectivity index (χ4v) is 1.37. The monoisotopic (exact) mass is 239 g/mol. The molecule has 94 valence electrons. The van der Waals surface area contributed by atoms with Crippen molar-refractivity contribution in [1.82, 2.24) is 5.32 Å². The maximum atomic E-state index is 11.7. The Morgan fingerprint density at radius 2 is 1.82 bits per heavy atom. The predicted molar refractivity (Wildman–Crippen MR) is 63.8 cm³/mol. The second kappa shape index (κ2) is 5.98. The van der Waals surface area contributed by atoms with Gasteiger partial charge in [0, 0.05) is 12.1 Å². The number of rotatable bonds is 5. The van der Waals surface area contributed by atoms with Gasteiger partial charge in [-0.05, 0) is 18.6 Å². The molecule has 0 spiro atoms. The zero-order valence-electron chi connectivity index (χ0n) is 10.2. The molecule has 0 aliphatic rings. The minimum Gasteiger partial charge on any atom is -0.502 e. The minimum absolute atomic E-state index is 0.109. The molecule has 0 radical (unpaired) electrons. The van der Waals surface area contributed by atoms with E-state index in [0.29, 0.717) is 12.1 Å². The Kier molecular flexibility index (Phi) is 4.63. The highest BCUT2D eigenvalue weighted by atomic mass is 16.5. The van der Waals surface area contributed by atoms with Crippen LogP contribution in [0.3, 0.4) is 0 Å². The van der Waals surface area contributed by atoms with E-state index >= 15 is 0 Å². The summed E-state index contributed by atoms with van der Waals surface area (Å²) < 4.78 is 9.95. The molecule has 5 heteroatoms. The molecular weight excluding hydrogens is 222 g/mol. The van der Waals surface area contributed by atoms with E-state index in [4.69, 9.17) is 9.47 Å². The normalized spacial score (nSPS) is 9.82. The van der Waals surface area contributed by atoms with Crippen LogP contribution < -0.4 is 14.8 Å². The number of phenols is 1. The fourth-order valence-electron chi connectivity index (χ4n) is 1.37. The van der Waals surface area contributed by atoms with E-state index in [-0.39, 0.29) is 23.2 Å². The van der Waals surface area contributed by atoms with E-state index < -0.39 is 0 Å². The van der Waals surface area contributed by atoms with Crippen LogP contribution in [-0.4, -0.2) is 31.8 Å². The predicted octanol–water partition coefficient (Wildman–Crippen LogP) is 1.55. The zero-order valence-corrected chi connectivity index (χ0v) is 10.2. The van der Waals surface area contributed by atoms with Gasteiger partial charge in [0.1, 0.15) is 0 Å². The smallest absolute Gasteiger partial charge is 0.251 e. The molecule has 0 saturated carbocycles. The highest BCUT2D eigenvalue weighted by Crippen LogP contribution is 2.36. The Balaban J connectivity index is 3.04. The molecule has 0 bridgehead atoms. The first kappa shape index (κ1) is 13.2. The molecule has 0 unspecified atom stereocenters. The molecule has 0 fully saturated rings. The third-order valence-corrected chi connectivity index (χ3v) is 2.28. The van der Waals surface area contributed by atoms with Crippen LogP contribution in [0.15, 0.2) is 12.1 Å². The van der Waals surface area contributed by atoms with Crippen molar-refractivity contribution < 1.29 is 19.4 Å². The molecular formula is C12H17NO4. The minimum atomic E-state index is -0.219. The summed E-state index contributed by atoms with van der Waals surface area (Å²) in [5.74, 6) is 0.0995. The summed E-state index contributed by atoms with van der Waals surface area (Å²) in [4.78, 5) is 11.7. The molecule has 5 nitrogen and oxygen atoms in total. The van der Waals surface area contributed by atoms with E-state index in [1.165, 1.54) is 26.4 Å². The Morgan fingerprint density at radius 1 is 1.29 bits per heavy atom. The van der Waals surface area contributed by atoms with Crippen LogP contribution in [0.4, 0.5) is 0 Å². The molecule has 17 heavy (non-hydrogen) atoms. The van der Waals surface area contributed by atoms with Crippen molar-refractivity contribution in [2.45, 2.75) is 13.3 Å². The summed E-state index contributed by atoms with van der Waals surface area (Å²) >= 11 is 0. The van der Waals surface area contributed by atoms with Gasteiger partial charge in [0.25, 0.3) is 5.91 Å². The first-order chi connectivity index (χ1) is 8.13. The van der Waals surface area contributed by atoms with Crippen LogP contribution in [0, 0.1) is 0 Å². The van der Waals surface area contributed by atoms with Crippen molar-refractivity contribution in [3.63, 3.8) is 0 Å². The summed E-state index contributed by atoms with van der Waals surface area (Å²) in [5, 5.41) is 12.4. The van der Waals surface area contributed by atoms with Crippen molar-refractivity contribution in [2.24, 2.45) is 0 Å². The molecule has 1 amide bonds. The van der Waals surface area contributed by atoms with Gasteiger partial charge in [-0.3, -0.25) is 4.79 Å². The topological polar surface area (TPSA) is 67.8 Å². The maximum absolute atomic E-state index is 11.7. The van der Waals surface area contributed by atoms with Crippen LogP contribution in [0.1, 0.15) is 23.7 Å². The average molecular weight is 239 g/mol. The highest BCUT2D eigenvalue weighted by Gasteiger charge is 2.14.